The maximum absolute atomic E-state index is 13.9. The zero-order chi connectivity index (χ0) is 25.5. The summed E-state index contributed by atoms with van der Waals surface area (Å²) < 4.78 is 45.5. The number of fused-ring (bicyclic) bond motifs is 2. The van der Waals surface area contributed by atoms with E-state index in [1.807, 2.05) is 68.5 Å². The first-order valence-electron chi connectivity index (χ1n) is 12.1. The molecule has 2 fully saturated rings. The summed E-state index contributed by atoms with van der Waals surface area (Å²) in [6.07, 6.45) is 4.55. The molecule has 2 saturated carbocycles. The van der Waals surface area contributed by atoms with Gasteiger partial charge in [0.25, 0.3) is 10.1 Å². The van der Waals surface area contributed by atoms with Gasteiger partial charge in [0, 0.05) is 17.6 Å². The number of ether oxygens (including phenoxy) is 2. The van der Waals surface area contributed by atoms with E-state index >= 15 is 0 Å². The minimum absolute atomic E-state index is 0.238. The van der Waals surface area contributed by atoms with Gasteiger partial charge in [0.15, 0.2) is 5.78 Å². The molecule has 0 spiro atoms. The zero-order valence-electron chi connectivity index (χ0n) is 20.8. The van der Waals surface area contributed by atoms with Crippen LogP contribution in [0.2, 0.25) is 0 Å². The summed E-state index contributed by atoms with van der Waals surface area (Å²) in [6, 6.07) is 15.6. The van der Waals surface area contributed by atoms with Crippen molar-refractivity contribution < 1.29 is 27.2 Å². The summed E-state index contributed by atoms with van der Waals surface area (Å²) >= 11 is 0. The number of ketones is 1. The molecule has 0 aliphatic heterocycles. The van der Waals surface area contributed by atoms with Crippen molar-refractivity contribution in [3.05, 3.63) is 59.7 Å². The van der Waals surface area contributed by atoms with Gasteiger partial charge in [0.2, 0.25) is 0 Å². The number of hydrogen-bond donors (Lipinski definition) is 1. The van der Waals surface area contributed by atoms with E-state index in [-0.39, 0.29) is 5.78 Å². The van der Waals surface area contributed by atoms with Crippen LogP contribution in [0.3, 0.4) is 0 Å². The van der Waals surface area contributed by atoms with Gasteiger partial charge in [-0.2, -0.15) is 8.42 Å². The summed E-state index contributed by atoms with van der Waals surface area (Å²) in [7, 11) is -2.74. The molecule has 35 heavy (non-hydrogen) atoms. The molecule has 2 bridgehead atoms. The number of hydrogen-bond acceptors (Lipinski definition) is 5. The predicted octanol–water partition coefficient (Wildman–Crippen LogP) is 5.58. The first kappa shape index (κ1) is 25.6. The van der Waals surface area contributed by atoms with Crippen molar-refractivity contribution in [1.82, 2.24) is 0 Å². The molecule has 0 amide bonds. The van der Waals surface area contributed by atoms with Crippen LogP contribution < -0.4 is 4.74 Å². The van der Waals surface area contributed by atoms with E-state index in [2.05, 4.69) is 6.92 Å². The lowest BCUT2D eigenvalue weighted by Gasteiger charge is -2.40. The Labute approximate surface area is 208 Å². The van der Waals surface area contributed by atoms with E-state index in [1.54, 1.807) is 7.11 Å². The molecule has 0 aromatic heterocycles. The molecule has 2 aliphatic rings. The molecule has 2 atom stereocenters. The Bertz CT molecular complexity index is 1240. The Morgan fingerprint density at radius 1 is 1.06 bits per heavy atom. The lowest BCUT2D eigenvalue weighted by atomic mass is 9.69. The Hall–Kier alpha value is -2.48. The largest absolute Gasteiger partial charge is 0.497 e. The van der Waals surface area contributed by atoms with Crippen molar-refractivity contribution in [2.75, 3.05) is 19.5 Å². The molecule has 2 unspecified atom stereocenters. The van der Waals surface area contributed by atoms with Gasteiger partial charge in [0.05, 0.1) is 18.3 Å². The number of rotatable bonds is 9. The van der Waals surface area contributed by atoms with Crippen LogP contribution in [0.1, 0.15) is 52.0 Å². The lowest BCUT2D eigenvalue weighted by molar-refractivity contribution is -0.125. The quantitative estimate of drug-likeness (QED) is 0.276. The van der Waals surface area contributed by atoms with Crippen LogP contribution >= 0.6 is 0 Å². The number of benzene rings is 2. The van der Waals surface area contributed by atoms with Crippen molar-refractivity contribution in [2.45, 2.75) is 52.1 Å². The molecular weight excluding hydrogens is 464 g/mol. The first-order chi connectivity index (χ1) is 16.5. The van der Waals surface area contributed by atoms with Crippen LogP contribution in [0.4, 0.5) is 0 Å². The van der Waals surface area contributed by atoms with Gasteiger partial charge in [-0.25, -0.2) is 0 Å². The number of carbonyl (C=O) groups is 1. The van der Waals surface area contributed by atoms with Gasteiger partial charge in [-0.3, -0.25) is 9.35 Å². The Balaban J connectivity index is 1.80. The van der Waals surface area contributed by atoms with E-state index in [4.69, 9.17) is 9.47 Å². The molecule has 2 aromatic carbocycles. The maximum Gasteiger partial charge on any atom is 0.265 e. The topological polar surface area (TPSA) is 89.9 Å². The molecule has 0 radical (unpaired) electrons. The highest BCUT2D eigenvalue weighted by molar-refractivity contribution is 7.85. The third-order valence-corrected chi connectivity index (χ3v) is 8.98. The Kier molecular flexibility index (Phi) is 6.72. The Morgan fingerprint density at radius 2 is 1.77 bits per heavy atom. The summed E-state index contributed by atoms with van der Waals surface area (Å²) in [5.41, 5.74) is 0.436. The smallest absolute Gasteiger partial charge is 0.265 e. The zero-order valence-corrected chi connectivity index (χ0v) is 21.7. The summed E-state index contributed by atoms with van der Waals surface area (Å²) in [4.78, 5) is 13.9. The van der Waals surface area contributed by atoms with Crippen LogP contribution in [-0.4, -0.2) is 43.8 Å². The van der Waals surface area contributed by atoms with Gasteiger partial charge in [-0.15, -0.1) is 0 Å². The highest BCUT2D eigenvalue weighted by Crippen LogP contribution is 2.70. The second-order valence-corrected chi connectivity index (χ2v) is 11.7. The highest BCUT2D eigenvalue weighted by atomic mass is 32.2. The number of carbonyl (C=O) groups excluding carboxylic acids is 1. The average molecular weight is 499 g/mol. The molecule has 0 saturated heterocycles. The van der Waals surface area contributed by atoms with Crippen molar-refractivity contribution in [3.63, 3.8) is 0 Å². The fourth-order valence-corrected chi connectivity index (χ4v) is 7.26. The predicted molar refractivity (Wildman–Crippen MR) is 137 cm³/mol. The van der Waals surface area contributed by atoms with E-state index in [0.717, 1.165) is 35.3 Å². The third kappa shape index (κ3) is 4.24. The molecule has 7 heteroatoms. The van der Waals surface area contributed by atoms with Crippen LogP contribution in [0.5, 0.6) is 5.75 Å². The van der Waals surface area contributed by atoms with Gasteiger partial charge < -0.3 is 9.47 Å². The second-order valence-electron chi connectivity index (χ2n) is 10.2. The average Bonchev–Trinajstić information content (AvgIpc) is 3.09. The minimum Gasteiger partial charge on any atom is -0.497 e. The van der Waals surface area contributed by atoms with Crippen molar-refractivity contribution in [2.24, 2.45) is 10.8 Å². The summed E-state index contributed by atoms with van der Waals surface area (Å²) in [5.74, 6) is -0.0524. The van der Waals surface area contributed by atoms with E-state index in [9.17, 15) is 17.8 Å². The molecular formula is C28H34O6S. The maximum atomic E-state index is 13.9. The number of unbranched alkanes of at least 4 members (excludes halogenated alkanes) is 1. The Morgan fingerprint density at radius 3 is 2.40 bits per heavy atom. The van der Waals surface area contributed by atoms with E-state index in [0.29, 0.717) is 25.0 Å². The normalized spacial score (nSPS) is 26.4. The van der Waals surface area contributed by atoms with Crippen molar-refractivity contribution >= 4 is 22.0 Å². The number of methoxy groups -OCH3 is 1. The van der Waals surface area contributed by atoms with Crippen molar-refractivity contribution in [3.8, 4) is 16.9 Å². The number of Topliss-reactive ketones (excluding diaryl/α,β-unsaturated/α-hetero) is 1. The SMILES string of the molecule is CCCCOC12CCC(CS(=O)(=O)O)(C(=O)C1=Cc1cccc(-c3ccc(OC)cc3)c1)C2(C)C. The molecule has 0 heterocycles. The van der Waals surface area contributed by atoms with Crippen LogP contribution in [0.25, 0.3) is 17.2 Å². The summed E-state index contributed by atoms with van der Waals surface area (Å²) in [6.45, 7) is 6.37. The molecule has 6 nitrogen and oxygen atoms in total. The molecule has 2 aromatic rings. The molecule has 2 aliphatic carbocycles. The van der Waals surface area contributed by atoms with Gasteiger partial charge >= 0.3 is 0 Å². The fourth-order valence-electron chi connectivity index (χ4n) is 6.00. The molecule has 1 N–H and O–H groups in total. The standard InChI is InChI=1S/C28H34O6S/c1-5-6-16-34-28-15-14-27(26(28,2)3,19-35(30,31)32)25(29)24(28)18-20-8-7-9-22(17-20)21-10-12-23(33-4)13-11-21/h7-13,17-18H,5-6,14-16,19H2,1-4H3,(H,30,31,32). The molecule has 188 valence electrons. The fraction of sp³-hybridized carbons (Fsp3) is 0.464. The highest BCUT2D eigenvalue weighted by Gasteiger charge is 2.76. The van der Waals surface area contributed by atoms with E-state index < -0.39 is 32.3 Å². The first-order valence-corrected chi connectivity index (χ1v) is 13.7. The van der Waals surface area contributed by atoms with Crippen molar-refractivity contribution in [1.29, 1.82) is 0 Å². The monoisotopic (exact) mass is 498 g/mol. The van der Waals surface area contributed by atoms with Gasteiger partial charge in [0.1, 0.15) is 11.4 Å². The van der Waals surface area contributed by atoms with Gasteiger partial charge in [-0.1, -0.05) is 57.5 Å². The second kappa shape index (κ2) is 9.19. The third-order valence-electron chi connectivity index (χ3n) is 8.12. The van der Waals surface area contributed by atoms with Crippen LogP contribution in [0.15, 0.2) is 54.1 Å². The lowest BCUT2D eigenvalue weighted by Crippen LogP contribution is -2.46. The minimum atomic E-state index is -4.37. The van der Waals surface area contributed by atoms with E-state index in [1.165, 1.54) is 0 Å². The summed E-state index contributed by atoms with van der Waals surface area (Å²) in [5, 5.41) is 0. The van der Waals surface area contributed by atoms with Gasteiger partial charge in [-0.05, 0) is 60.2 Å². The van der Waals surface area contributed by atoms with Crippen LogP contribution in [0, 0.1) is 10.8 Å². The molecule has 4 rings (SSSR count). The van der Waals surface area contributed by atoms with Crippen LogP contribution in [-0.2, 0) is 19.6 Å².